The molecule has 0 amide bonds. The van der Waals surface area contributed by atoms with Gasteiger partial charge in [-0.05, 0) is 20.3 Å². The molecular weight excluding hydrogens is 154 g/mol. The Labute approximate surface area is 73.7 Å². The molecule has 1 heterocycles. The van der Waals surface area contributed by atoms with E-state index in [0.29, 0.717) is 0 Å². The van der Waals surface area contributed by atoms with Crippen LogP contribution in [0.1, 0.15) is 27.2 Å². The van der Waals surface area contributed by atoms with Crippen LogP contribution in [0.25, 0.3) is 0 Å². The van der Waals surface area contributed by atoms with Crippen molar-refractivity contribution in [1.82, 2.24) is 4.90 Å². The first-order valence-electron chi connectivity index (χ1n) is 4.59. The van der Waals surface area contributed by atoms with Crippen molar-refractivity contribution < 1.29 is 9.53 Å². The van der Waals surface area contributed by atoms with Crippen LogP contribution in [0.4, 0.5) is 0 Å². The molecule has 1 fully saturated rings. The van der Waals surface area contributed by atoms with Gasteiger partial charge in [0.2, 0.25) is 0 Å². The fourth-order valence-corrected chi connectivity index (χ4v) is 0.974. The van der Waals surface area contributed by atoms with Gasteiger partial charge in [0, 0.05) is 13.1 Å². The minimum absolute atomic E-state index is 0.0426. The zero-order valence-electron chi connectivity index (χ0n) is 8.04. The van der Waals surface area contributed by atoms with E-state index in [-0.39, 0.29) is 18.1 Å². The third kappa shape index (κ3) is 2.48. The van der Waals surface area contributed by atoms with Gasteiger partial charge in [-0.25, -0.2) is 0 Å². The highest BCUT2D eigenvalue weighted by molar-refractivity contribution is 5.75. The third-order valence-corrected chi connectivity index (χ3v) is 2.26. The smallest absolute Gasteiger partial charge is 0.323 e. The molecule has 12 heavy (non-hydrogen) atoms. The fourth-order valence-electron chi connectivity index (χ4n) is 0.974. The number of carbonyl (C=O) groups excluding carboxylic acids is 1. The number of esters is 1. The van der Waals surface area contributed by atoms with Crippen LogP contribution in [0.3, 0.4) is 0 Å². The van der Waals surface area contributed by atoms with E-state index in [1.165, 1.54) is 0 Å². The molecule has 0 radical (unpaired) electrons. The zero-order valence-corrected chi connectivity index (χ0v) is 8.04. The quantitative estimate of drug-likeness (QED) is 0.467. The van der Waals surface area contributed by atoms with Crippen molar-refractivity contribution in [1.29, 1.82) is 0 Å². The van der Waals surface area contributed by atoms with Gasteiger partial charge in [-0.1, -0.05) is 6.92 Å². The summed E-state index contributed by atoms with van der Waals surface area (Å²) in [5, 5.41) is 0. The van der Waals surface area contributed by atoms with Crippen LogP contribution in [0, 0.1) is 0 Å². The van der Waals surface area contributed by atoms with Crippen molar-refractivity contribution in [2.45, 2.75) is 39.3 Å². The number of ether oxygens (including phenoxy) is 1. The Kier molecular flexibility index (Phi) is 3.09. The van der Waals surface area contributed by atoms with Gasteiger partial charge in [0.25, 0.3) is 0 Å². The van der Waals surface area contributed by atoms with Crippen molar-refractivity contribution in [3.8, 4) is 0 Å². The van der Waals surface area contributed by atoms with Crippen LogP contribution in [-0.4, -0.2) is 36.1 Å². The monoisotopic (exact) mass is 171 g/mol. The molecule has 0 aliphatic carbocycles. The van der Waals surface area contributed by atoms with E-state index in [9.17, 15) is 4.79 Å². The Balaban J connectivity index is 2.26. The van der Waals surface area contributed by atoms with Crippen LogP contribution in [0.5, 0.6) is 0 Å². The molecule has 0 aromatic heterocycles. The molecule has 0 aromatic rings. The third-order valence-electron chi connectivity index (χ3n) is 2.26. The van der Waals surface area contributed by atoms with Gasteiger partial charge in [-0.15, -0.1) is 0 Å². The van der Waals surface area contributed by atoms with Gasteiger partial charge >= 0.3 is 5.97 Å². The summed E-state index contributed by atoms with van der Waals surface area (Å²) < 4.78 is 5.18. The molecule has 0 bridgehead atoms. The summed E-state index contributed by atoms with van der Waals surface area (Å²) in [5.74, 6) is -0.0816. The Hall–Kier alpha value is -0.570. The van der Waals surface area contributed by atoms with E-state index in [4.69, 9.17) is 4.74 Å². The molecule has 0 saturated carbocycles. The first-order valence-corrected chi connectivity index (χ1v) is 4.59. The van der Waals surface area contributed by atoms with Gasteiger partial charge < -0.3 is 4.74 Å². The number of nitrogens with zero attached hydrogens (tertiary/aromatic N) is 1. The fraction of sp³-hybridized carbons (Fsp3) is 0.889. The maximum Gasteiger partial charge on any atom is 0.323 e. The minimum Gasteiger partial charge on any atom is -0.462 e. The zero-order chi connectivity index (χ0) is 9.14. The lowest BCUT2D eigenvalue weighted by molar-refractivity contribution is -0.152. The van der Waals surface area contributed by atoms with Crippen molar-refractivity contribution in [2.75, 3.05) is 13.1 Å². The first-order chi connectivity index (χ1) is 5.65. The normalized spacial score (nSPS) is 21.6. The molecule has 2 atom stereocenters. The molecule has 1 rings (SSSR count). The van der Waals surface area contributed by atoms with Crippen molar-refractivity contribution in [3.05, 3.63) is 0 Å². The molecule has 0 aromatic carbocycles. The maximum absolute atomic E-state index is 11.3. The second-order valence-electron chi connectivity index (χ2n) is 3.37. The minimum atomic E-state index is -0.0816. The highest BCUT2D eigenvalue weighted by Gasteiger charge is 2.30. The average Bonchev–Trinajstić information content (AvgIpc) is 2.85. The summed E-state index contributed by atoms with van der Waals surface area (Å²) in [6.07, 6.45) is 0.943. The first kappa shape index (κ1) is 9.52. The van der Waals surface area contributed by atoms with Gasteiger partial charge in [-0.2, -0.15) is 0 Å². The molecule has 0 N–H and O–H groups in total. The van der Waals surface area contributed by atoms with Gasteiger partial charge in [0.15, 0.2) is 0 Å². The maximum atomic E-state index is 11.3. The highest BCUT2D eigenvalue weighted by atomic mass is 16.5. The van der Waals surface area contributed by atoms with E-state index in [0.717, 1.165) is 19.5 Å². The summed E-state index contributed by atoms with van der Waals surface area (Å²) >= 11 is 0. The van der Waals surface area contributed by atoms with E-state index in [2.05, 4.69) is 4.90 Å². The lowest BCUT2D eigenvalue weighted by atomic mass is 10.3. The predicted octanol–water partition coefficient (Wildman–Crippen LogP) is 1.03. The predicted molar refractivity (Wildman–Crippen MR) is 46.9 cm³/mol. The standard InChI is InChI=1S/C9H17NO2/c1-4-7(2)12-9(11)8(3)10-5-6-10/h7-8H,4-6H2,1-3H3. The molecule has 1 aliphatic rings. The van der Waals surface area contributed by atoms with E-state index >= 15 is 0 Å². The van der Waals surface area contributed by atoms with Crippen LogP contribution in [0.15, 0.2) is 0 Å². The Morgan fingerprint density at radius 3 is 2.50 bits per heavy atom. The summed E-state index contributed by atoms with van der Waals surface area (Å²) in [6, 6.07) is -0.0426. The van der Waals surface area contributed by atoms with Gasteiger partial charge in [-0.3, -0.25) is 9.69 Å². The lowest BCUT2D eigenvalue weighted by Gasteiger charge is -2.15. The number of rotatable bonds is 4. The average molecular weight is 171 g/mol. The van der Waals surface area contributed by atoms with Gasteiger partial charge in [0.1, 0.15) is 6.04 Å². The largest absolute Gasteiger partial charge is 0.462 e. The summed E-state index contributed by atoms with van der Waals surface area (Å²) in [4.78, 5) is 13.4. The SMILES string of the molecule is CCC(C)OC(=O)C(C)N1CC1. The summed E-state index contributed by atoms with van der Waals surface area (Å²) in [7, 11) is 0. The van der Waals surface area contributed by atoms with Crippen molar-refractivity contribution >= 4 is 5.97 Å². The molecule has 70 valence electrons. The molecule has 2 unspecified atom stereocenters. The molecule has 1 aliphatic heterocycles. The number of hydrogen-bond acceptors (Lipinski definition) is 3. The van der Waals surface area contributed by atoms with E-state index in [1.807, 2.05) is 20.8 Å². The second-order valence-corrected chi connectivity index (χ2v) is 3.37. The molecular formula is C9H17NO2. The molecule has 3 nitrogen and oxygen atoms in total. The highest BCUT2D eigenvalue weighted by Crippen LogP contribution is 2.12. The number of hydrogen-bond donors (Lipinski definition) is 0. The van der Waals surface area contributed by atoms with Crippen LogP contribution in [0.2, 0.25) is 0 Å². The summed E-state index contributed by atoms with van der Waals surface area (Å²) in [6.45, 7) is 7.91. The van der Waals surface area contributed by atoms with E-state index < -0.39 is 0 Å². The van der Waals surface area contributed by atoms with Crippen LogP contribution < -0.4 is 0 Å². The van der Waals surface area contributed by atoms with Crippen LogP contribution >= 0.6 is 0 Å². The number of carbonyl (C=O) groups is 1. The lowest BCUT2D eigenvalue weighted by Crippen LogP contribution is -2.30. The van der Waals surface area contributed by atoms with Crippen molar-refractivity contribution in [3.63, 3.8) is 0 Å². The molecule has 1 saturated heterocycles. The Morgan fingerprint density at radius 2 is 2.08 bits per heavy atom. The summed E-state index contributed by atoms with van der Waals surface area (Å²) in [5.41, 5.74) is 0. The second kappa shape index (κ2) is 3.90. The van der Waals surface area contributed by atoms with Gasteiger partial charge in [0.05, 0.1) is 6.10 Å². The Morgan fingerprint density at radius 1 is 1.50 bits per heavy atom. The van der Waals surface area contributed by atoms with Crippen molar-refractivity contribution in [2.24, 2.45) is 0 Å². The topological polar surface area (TPSA) is 29.3 Å². The molecule has 3 heteroatoms. The van der Waals surface area contributed by atoms with Crippen LogP contribution in [-0.2, 0) is 9.53 Å². The Bertz CT molecular complexity index is 166. The molecule has 0 spiro atoms. The van der Waals surface area contributed by atoms with E-state index in [1.54, 1.807) is 0 Å².